The van der Waals surface area contributed by atoms with E-state index in [1.165, 1.54) is 0 Å². The van der Waals surface area contributed by atoms with Gasteiger partial charge in [-0.3, -0.25) is 5.10 Å². The molecule has 3 nitrogen and oxygen atoms in total. The fraction of sp³-hybridized carbons (Fsp3) is 0.200. The number of nitrogens with one attached hydrogen (secondary N) is 1. The zero-order chi connectivity index (χ0) is 8.93. The van der Waals surface area contributed by atoms with Crippen LogP contribution in [-0.2, 0) is 6.42 Å². The minimum absolute atomic E-state index is 0.930. The second-order valence-electron chi connectivity index (χ2n) is 2.82. The van der Waals surface area contributed by atoms with Gasteiger partial charge in [0.1, 0.15) is 5.76 Å². The number of aromatic nitrogens is 2. The lowest BCUT2D eigenvalue weighted by atomic mass is 10.2. The molecule has 0 spiro atoms. The van der Waals surface area contributed by atoms with Crippen molar-refractivity contribution in [2.75, 3.05) is 0 Å². The van der Waals surface area contributed by atoms with E-state index >= 15 is 0 Å². The summed E-state index contributed by atoms with van der Waals surface area (Å²) in [7, 11) is 0. The van der Waals surface area contributed by atoms with Gasteiger partial charge < -0.3 is 4.42 Å². The lowest BCUT2D eigenvalue weighted by Crippen LogP contribution is -1.86. The first-order chi connectivity index (χ1) is 6.45. The van der Waals surface area contributed by atoms with Crippen LogP contribution in [0.1, 0.15) is 17.9 Å². The zero-order valence-electron chi connectivity index (χ0n) is 7.23. The van der Waals surface area contributed by atoms with E-state index in [4.69, 9.17) is 4.42 Å². The molecule has 67 valence electrons. The molecule has 0 aliphatic rings. The first-order valence-corrected chi connectivity index (χ1v) is 4.30. The van der Waals surface area contributed by atoms with E-state index in [2.05, 4.69) is 16.6 Å². The number of aromatic amines is 1. The molecule has 13 heavy (non-hydrogen) atoms. The number of aryl methyl sites for hydroxylation is 1. The van der Waals surface area contributed by atoms with Crippen molar-refractivity contribution in [2.45, 2.75) is 12.8 Å². The third-order valence-electron chi connectivity index (χ3n) is 1.85. The van der Waals surface area contributed by atoms with E-state index in [1.54, 1.807) is 6.26 Å². The van der Waals surface area contributed by atoms with Crippen LogP contribution in [0.4, 0.5) is 0 Å². The smallest absolute Gasteiger partial charge is 0.103 e. The monoisotopic (exact) mass is 175 g/mol. The summed E-state index contributed by atoms with van der Waals surface area (Å²) in [6.45, 7) is 0. The van der Waals surface area contributed by atoms with Crippen LogP contribution in [0, 0.1) is 6.42 Å². The predicted molar refractivity (Wildman–Crippen MR) is 49.0 cm³/mol. The van der Waals surface area contributed by atoms with Crippen LogP contribution >= 0.6 is 0 Å². The van der Waals surface area contributed by atoms with Gasteiger partial charge in [-0.25, -0.2) is 0 Å². The molecule has 0 aliphatic heterocycles. The molecule has 0 fully saturated rings. The highest BCUT2D eigenvalue weighted by atomic mass is 16.3. The van der Waals surface area contributed by atoms with E-state index in [1.807, 2.05) is 24.4 Å². The Morgan fingerprint density at radius 2 is 2.46 bits per heavy atom. The number of rotatable bonds is 4. The van der Waals surface area contributed by atoms with Crippen molar-refractivity contribution in [3.05, 3.63) is 48.5 Å². The Kier molecular flexibility index (Phi) is 2.45. The van der Waals surface area contributed by atoms with Crippen molar-refractivity contribution in [1.82, 2.24) is 10.2 Å². The van der Waals surface area contributed by atoms with Crippen LogP contribution < -0.4 is 0 Å². The van der Waals surface area contributed by atoms with Crippen molar-refractivity contribution < 1.29 is 4.42 Å². The molecule has 1 N–H and O–H groups in total. The summed E-state index contributed by atoms with van der Waals surface area (Å²) in [5.41, 5.74) is 0.992. The third kappa shape index (κ3) is 2.21. The summed E-state index contributed by atoms with van der Waals surface area (Å²) in [5, 5.41) is 6.79. The lowest BCUT2D eigenvalue weighted by Gasteiger charge is -1.93. The standard InChI is InChI=1S/C10H11N2O/c1(3-9-6-7-11-12-9)4-10-5-2-8-13-10/h2-3,5-8H,1,4H2,(H,11,12). The molecule has 0 aromatic carbocycles. The molecular weight excluding hydrogens is 164 g/mol. The Bertz CT molecular complexity index is 289. The van der Waals surface area contributed by atoms with Crippen LogP contribution in [0.15, 0.2) is 35.1 Å². The first kappa shape index (κ1) is 8.10. The van der Waals surface area contributed by atoms with E-state index in [9.17, 15) is 0 Å². The third-order valence-corrected chi connectivity index (χ3v) is 1.85. The highest BCUT2D eigenvalue weighted by Gasteiger charge is 1.98. The molecule has 2 aromatic heterocycles. The molecule has 0 saturated heterocycles. The van der Waals surface area contributed by atoms with Gasteiger partial charge in [0.25, 0.3) is 0 Å². The average molecular weight is 175 g/mol. The second-order valence-corrected chi connectivity index (χ2v) is 2.82. The molecular formula is C10H11N2O. The topological polar surface area (TPSA) is 41.8 Å². The highest BCUT2D eigenvalue weighted by Crippen LogP contribution is 2.07. The lowest BCUT2D eigenvalue weighted by molar-refractivity contribution is 0.508. The van der Waals surface area contributed by atoms with E-state index in [-0.39, 0.29) is 0 Å². The van der Waals surface area contributed by atoms with Crippen molar-refractivity contribution in [2.24, 2.45) is 0 Å². The van der Waals surface area contributed by atoms with Crippen LogP contribution in [0.5, 0.6) is 0 Å². The van der Waals surface area contributed by atoms with Crippen LogP contribution in [0.2, 0.25) is 0 Å². The Hall–Kier alpha value is -1.51. The number of nitrogens with zero attached hydrogens (tertiary/aromatic N) is 1. The molecule has 2 rings (SSSR count). The fourth-order valence-corrected chi connectivity index (χ4v) is 1.20. The summed E-state index contributed by atoms with van der Waals surface area (Å²) < 4.78 is 5.20. The fourth-order valence-electron chi connectivity index (χ4n) is 1.20. The highest BCUT2D eigenvalue weighted by molar-refractivity contribution is 5.10. The van der Waals surface area contributed by atoms with Gasteiger partial charge in [-0.05, 0) is 24.6 Å². The van der Waals surface area contributed by atoms with E-state index in [0.29, 0.717) is 0 Å². The van der Waals surface area contributed by atoms with E-state index in [0.717, 1.165) is 24.3 Å². The van der Waals surface area contributed by atoms with Crippen molar-refractivity contribution in [1.29, 1.82) is 0 Å². The van der Waals surface area contributed by atoms with Crippen LogP contribution in [-0.4, -0.2) is 10.2 Å². The molecule has 3 heteroatoms. The summed E-state index contributed by atoms with van der Waals surface area (Å²) in [5.74, 6) is 1.02. The minimum Gasteiger partial charge on any atom is -0.469 e. The quantitative estimate of drug-likeness (QED) is 0.773. The van der Waals surface area contributed by atoms with E-state index < -0.39 is 0 Å². The maximum absolute atomic E-state index is 5.20. The molecule has 0 aliphatic carbocycles. The minimum atomic E-state index is 0.930. The molecule has 0 bridgehead atoms. The number of hydrogen-bond donors (Lipinski definition) is 1. The van der Waals surface area contributed by atoms with Crippen LogP contribution in [0.25, 0.3) is 0 Å². The molecule has 0 unspecified atom stereocenters. The summed E-state index contributed by atoms with van der Waals surface area (Å²) in [6, 6.07) is 5.84. The van der Waals surface area contributed by atoms with Gasteiger partial charge in [0.05, 0.1) is 12.0 Å². The second kappa shape index (κ2) is 3.94. The Morgan fingerprint density at radius 3 is 3.15 bits per heavy atom. The normalized spacial score (nSPS) is 10.5. The number of hydrogen-bond acceptors (Lipinski definition) is 2. The summed E-state index contributed by atoms with van der Waals surface area (Å²) >= 11 is 0. The molecule has 2 heterocycles. The van der Waals surface area contributed by atoms with Gasteiger partial charge in [0, 0.05) is 19.0 Å². The summed E-state index contributed by atoms with van der Waals surface area (Å²) in [4.78, 5) is 0. The van der Waals surface area contributed by atoms with Gasteiger partial charge in [-0.2, -0.15) is 5.10 Å². The maximum Gasteiger partial charge on any atom is 0.103 e. The van der Waals surface area contributed by atoms with Crippen molar-refractivity contribution in [3.8, 4) is 0 Å². The maximum atomic E-state index is 5.20. The van der Waals surface area contributed by atoms with Gasteiger partial charge >= 0.3 is 0 Å². The number of H-pyrrole nitrogens is 1. The van der Waals surface area contributed by atoms with Gasteiger partial charge in [-0.15, -0.1) is 0 Å². The molecule has 2 aromatic rings. The van der Waals surface area contributed by atoms with Crippen molar-refractivity contribution in [3.63, 3.8) is 0 Å². The first-order valence-electron chi connectivity index (χ1n) is 4.30. The zero-order valence-corrected chi connectivity index (χ0v) is 7.23. The van der Waals surface area contributed by atoms with Gasteiger partial charge in [0.2, 0.25) is 0 Å². The SMILES string of the molecule is [CH](CCc1ccco1)c1cc[nH]n1. The summed E-state index contributed by atoms with van der Waals surface area (Å²) in [6.07, 6.45) is 7.49. The van der Waals surface area contributed by atoms with Crippen LogP contribution in [0.3, 0.4) is 0 Å². The molecule has 1 radical (unpaired) electrons. The number of furan rings is 1. The Labute approximate surface area is 76.8 Å². The molecule has 0 amide bonds. The van der Waals surface area contributed by atoms with Gasteiger partial charge in [0.15, 0.2) is 0 Å². The molecule has 0 atom stereocenters. The average Bonchev–Trinajstić information content (AvgIpc) is 2.75. The Balaban J connectivity index is 1.76. The predicted octanol–water partition coefficient (Wildman–Crippen LogP) is 2.19. The molecule has 0 saturated carbocycles. The van der Waals surface area contributed by atoms with Crippen molar-refractivity contribution >= 4 is 0 Å². The largest absolute Gasteiger partial charge is 0.469 e. The Morgan fingerprint density at radius 1 is 1.46 bits per heavy atom. The van der Waals surface area contributed by atoms with Gasteiger partial charge in [-0.1, -0.05) is 0 Å².